The van der Waals surface area contributed by atoms with Crippen molar-refractivity contribution >= 4 is 40.8 Å². The standard InChI is InChI=1S/C33H46Cl2N2O3/c1-32-16-19-36-30(38)22-24(32)8-11-26-27-12-13-29(33(27,2)15-14-28(26)32)40-31(39)5-3-4-23-6-9-25(10-7-23)37(20-17-34)21-18-35/h6-7,9-10,22,26-29H,3-5,8,11-21H2,1-2H3,(H,36,38)/t26-,27-,28-,29-,32-,33-/m0/s1. The third-order valence-corrected chi connectivity index (χ3v) is 11.4. The van der Waals surface area contributed by atoms with Gasteiger partial charge in [0.1, 0.15) is 6.10 Å². The Bertz CT molecular complexity index is 1090. The SMILES string of the molecule is C[C@]12CC[C@H]3[C@@H](CCC4=CC(=O)NCC[C@@]43C)[C@@H]1CC[C@@H]2OC(=O)CCCc1ccc(N(CCCl)CCCl)cc1. The molecule has 5 nitrogen and oxygen atoms in total. The van der Waals surface area contributed by atoms with Crippen molar-refractivity contribution in [3.05, 3.63) is 41.5 Å². The number of amides is 1. The van der Waals surface area contributed by atoms with Crippen LogP contribution in [0.1, 0.15) is 77.2 Å². The molecule has 0 radical (unpaired) electrons. The lowest BCUT2D eigenvalue weighted by Gasteiger charge is -2.56. The molecule has 1 aromatic carbocycles. The molecule has 6 atom stereocenters. The van der Waals surface area contributed by atoms with Gasteiger partial charge in [-0.2, -0.15) is 0 Å². The lowest BCUT2D eigenvalue weighted by atomic mass is 9.48. The highest BCUT2D eigenvalue weighted by Gasteiger charge is 2.59. The first-order valence-electron chi connectivity index (χ1n) is 15.4. The molecule has 1 heterocycles. The first kappa shape index (κ1) is 29.8. The molecule has 3 aliphatic carbocycles. The maximum Gasteiger partial charge on any atom is 0.306 e. The number of halogens is 2. The fraction of sp³-hybridized carbons (Fsp3) is 0.697. The Morgan fingerprint density at radius 1 is 1.02 bits per heavy atom. The van der Waals surface area contributed by atoms with Crippen molar-refractivity contribution in [3.8, 4) is 0 Å². The smallest absolute Gasteiger partial charge is 0.306 e. The number of benzene rings is 1. The monoisotopic (exact) mass is 588 g/mol. The van der Waals surface area contributed by atoms with Gasteiger partial charge in [0.2, 0.25) is 5.91 Å². The summed E-state index contributed by atoms with van der Waals surface area (Å²) in [6, 6.07) is 8.53. The number of aryl methyl sites for hydroxylation is 1. The van der Waals surface area contributed by atoms with Crippen LogP contribution in [0.5, 0.6) is 0 Å². The van der Waals surface area contributed by atoms with E-state index in [4.69, 9.17) is 27.9 Å². The second-order valence-electron chi connectivity index (χ2n) is 13.0. The van der Waals surface area contributed by atoms with Crippen LogP contribution in [0.25, 0.3) is 0 Å². The van der Waals surface area contributed by atoms with Gasteiger partial charge < -0.3 is 15.0 Å². The fourth-order valence-electron chi connectivity index (χ4n) is 8.81. The first-order chi connectivity index (χ1) is 19.3. The maximum atomic E-state index is 13.0. The number of carbonyl (C=O) groups excluding carboxylic acids is 2. The van der Waals surface area contributed by atoms with Crippen LogP contribution in [0, 0.1) is 28.6 Å². The molecular formula is C33H46Cl2N2O3. The molecule has 220 valence electrons. The van der Waals surface area contributed by atoms with Gasteiger partial charge in [-0.3, -0.25) is 9.59 Å². The van der Waals surface area contributed by atoms with Gasteiger partial charge in [-0.1, -0.05) is 31.6 Å². The Hall–Kier alpha value is -1.72. The number of hydrogen-bond acceptors (Lipinski definition) is 4. The van der Waals surface area contributed by atoms with Crippen LogP contribution in [-0.4, -0.2) is 49.4 Å². The van der Waals surface area contributed by atoms with Crippen molar-refractivity contribution < 1.29 is 14.3 Å². The van der Waals surface area contributed by atoms with Gasteiger partial charge in [0, 0.05) is 55.0 Å². The van der Waals surface area contributed by atoms with Gasteiger partial charge in [-0.15, -0.1) is 23.2 Å². The number of nitrogens with one attached hydrogen (secondary N) is 1. The highest BCUT2D eigenvalue weighted by molar-refractivity contribution is 6.18. The number of allylic oxidation sites excluding steroid dienone is 1. The summed E-state index contributed by atoms with van der Waals surface area (Å²) in [5.41, 5.74) is 3.91. The predicted octanol–water partition coefficient (Wildman–Crippen LogP) is 6.89. The van der Waals surface area contributed by atoms with Crippen LogP contribution in [0.4, 0.5) is 5.69 Å². The zero-order valence-electron chi connectivity index (χ0n) is 24.2. The molecule has 4 aliphatic rings. The van der Waals surface area contributed by atoms with Crippen LogP contribution in [0.3, 0.4) is 0 Å². The molecule has 5 rings (SSSR count). The van der Waals surface area contributed by atoms with E-state index < -0.39 is 0 Å². The topological polar surface area (TPSA) is 58.6 Å². The highest BCUT2D eigenvalue weighted by atomic mass is 35.5. The molecule has 3 saturated carbocycles. The van der Waals surface area contributed by atoms with Crippen molar-refractivity contribution in [2.24, 2.45) is 28.6 Å². The van der Waals surface area contributed by atoms with Crippen LogP contribution < -0.4 is 10.2 Å². The fourth-order valence-corrected chi connectivity index (χ4v) is 9.22. The molecular weight excluding hydrogens is 543 g/mol. The number of ether oxygens (including phenoxy) is 1. The van der Waals surface area contributed by atoms with E-state index in [1.54, 1.807) is 0 Å². The van der Waals surface area contributed by atoms with Crippen LogP contribution in [0.2, 0.25) is 0 Å². The minimum Gasteiger partial charge on any atom is -0.462 e. The summed E-state index contributed by atoms with van der Waals surface area (Å²) in [7, 11) is 0. The van der Waals surface area contributed by atoms with Crippen LogP contribution in [0.15, 0.2) is 35.9 Å². The lowest BCUT2D eigenvalue weighted by molar-refractivity contribution is -0.159. The minimum atomic E-state index is -0.0461. The third-order valence-electron chi connectivity index (χ3n) is 11.0. The molecule has 1 aliphatic heterocycles. The Labute approximate surface area is 250 Å². The van der Waals surface area contributed by atoms with Crippen LogP contribution in [-0.2, 0) is 20.7 Å². The van der Waals surface area contributed by atoms with Gasteiger partial charge in [0.25, 0.3) is 0 Å². The number of nitrogens with zero attached hydrogens (tertiary/aromatic N) is 1. The second-order valence-corrected chi connectivity index (χ2v) is 13.8. The number of fused-ring (bicyclic) bond motifs is 5. The number of rotatable bonds is 10. The van der Waals surface area contributed by atoms with E-state index >= 15 is 0 Å². The summed E-state index contributed by atoms with van der Waals surface area (Å²) in [6.07, 6.45) is 11.7. The average Bonchev–Trinajstić information content (AvgIpc) is 3.17. The molecule has 1 N–H and O–H groups in total. The van der Waals surface area contributed by atoms with Gasteiger partial charge in [0.15, 0.2) is 0 Å². The maximum absolute atomic E-state index is 13.0. The van der Waals surface area contributed by atoms with Crippen molar-refractivity contribution in [2.45, 2.75) is 84.2 Å². The highest BCUT2D eigenvalue weighted by Crippen LogP contribution is 2.65. The summed E-state index contributed by atoms with van der Waals surface area (Å²) >= 11 is 11.9. The zero-order chi connectivity index (χ0) is 28.3. The average molecular weight is 590 g/mol. The Kier molecular flexibility index (Phi) is 9.41. The molecule has 3 fully saturated rings. The predicted molar refractivity (Wildman–Crippen MR) is 163 cm³/mol. The van der Waals surface area contributed by atoms with Crippen molar-refractivity contribution in [3.63, 3.8) is 0 Å². The van der Waals surface area contributed by atoms with E-state index in [0.29, 0.717) is 35.9 Å². The van der Waals surface area contributed by atoms with E-state index in [0.717, 1.165) is 83.1 Å². The van der Waals surface area contributed by atoms with Crippen molar-refractivity contribution in [1.29, 1.82) is 0 Å². The van der Waals surface area contributed by atoms with Gasteiger partial charge in [0.05, 0.1) is 0 Å². The lowest BCUT2D eigenvalue weighted by Crippen LogP contribution is -2.51. The van der Waals surface area contributed by atoms with E-state index in [-0.39, 0.29) is 28.8 Å². The molecule has 0 aromatic heterocycles. The van der Waals surface area contributed by atoms with Crippen molar-refractivity contribution in [2.75, 3.05) is 36.3 Å². The molecule has 7 heteroatoms. The summed E-state index contributed by atoms with van der Waals surface area (Å²) in [5, 5.41) is 3.06. The molecule has 0 spiro atoms. The molecule has 0 bridgehead atoms. The number of alkyl halides is 2. The number of carbonyl (C=O) groups is 2. The first-order valence-corrected chi connectivity index (χ1v) is 16.5. The second kappa shape index (κ2) is 12.7. The van der Waals surface area contributed by atoms with Crippen LogP contribution >= 0.6 is 23.2 Å². The van der Waals surface area contributed by atoms with E-state index in [1.165, 1.54) is 11.1 Å². The summed E-state index contributed by atoms with van der Waals surface area (Å²) < 4.78 is 6.24. The van der Waals surface area contributed by atoms with Gasteiger partial charge >= 0.3 is 5.97 Å². The number of anilines is 1. The normalized spacial score (nSPS) is 33.1. The zero-order valence-corrected chi connectivity index (χ0v) is 25.7. The van der Waals surface area contributed by atoms with E-state index in [9.17, 15) is 9.59 Å². The van der Waals surface area contributed by atoms with Gasteiger partial charge in [-0.25, -0.2) is 0 Å². The van der Waals surface area contributed by atoms with E-state index in [1.807, 2.05) is 6.08 Å². The Balaban J connectivity index is 1.14. The molecule has 1 amide bonds. The molecule has 0 saturated heterocycles. The number of esters is 1. The molecule has 40 heavy (non-hydrogen) atoms. The largest absolute Gasteiger partial charge is 0.462 e. The summed E-state index contributed by atoms with van der Waals surface area (Å²) in [4.78, 5) is 27.4. The van der Waals surface area contributed by atoms with Gasteiger partial charge in [-0.05, 0) is 98.7 Å². The number of hydrogen-bond donors (Lipinski definition) is 1. The van der Waals surface area contributed by atoms with Crippen molar-refractivity contribution in [1.82, 2.24) is 5.32 Å². The Morgan fingerprint density at radius 3 is 2.50 bits per heavy atom. The third kappa shape index (κ3) is 5.93. The molecule has 0 unspecified atom stereocenters. The van der Waals surface area contributed by atoms with E-state index in [2.05, 4.69) is 48.3 Å². The summed E-state index contributed by atoms with van der Waals surface area (Å²) in [6.45, 7) is 7.12. The minimum absolute atomic E-state index is 0.0298. The quantitative estimate of drug-likeness (QED) is 0.239. The summed E-state index contributed by atoms with van der Waals surface area (Å²) in [5.74, 6) is 3.06. The molecule has 1 aromatic rings. The Morgan fingerprint density at radius 2 is 1.77 bits per heavy atom.